The molecular formula is C15H16N2O2. The van der Waals surface area contributed by atoms with Gasteiger partial charge < -0.3 is 9.15 Å². The number of nitriles is 1. The van der Waals surface area contributed by atoms with Gasteiger partial charge in [0.1, 0.15) is 18.1 Å². The Morgan fingerprint density at radius 3 is 2.95 bits per heavy atom. The van der Waals surface area contributed by atoms with Gasteiger partial charge in [0.25, 0.3) is 0 Å². The minimum atomic E-state index is 0.575. The monoisotopic (exact) mass is 256 g/mol. The number of nitrogens with zero attached hydrogens (tertiary/aromatic N) is 2. The fourth-order valence-corrected chi connectivity index (χ4v) is 1.72. The fourth-order valence-electron chi connectivity index (χ4n) is 1.72. The summed E-state index contributed by atoms with van der Waals surface area (Å²) in [6.45, 7) is 2.12. The fraction of sp³-hybridized carbons (Fsp3) is 0.267. The van der Waals surface area contributed by atoms with Crippen LogP contribution >= 0.6 is 0 Å². The summed E-state index contributed by atoms with van der Waals surface area (Å²) in [6.07, 6.45) is 1.67. The molecule has 0 aliphatic carbocycles. The van der Waals surface area contributed by atoms with Crippen LogP contribution in [-0.2, 0) is 6.54 Å². The Labute approximate surface area is 112 Å². The van der Waals surface area contributed by atoms with Gasteiger partial charge in [0, 0.05) is 6.54 Å². The van der Waals surface area contributed by atoms with Crippen LogP contribution in [0.1, 0.15) is 11.3 Å². The molecule has 0 fully saturated rings. The summed E-state index contributed by atoms with van der Waals surface area (Å²) >= 11 is 0. The summed E-state index contributed by atoms with van der Waals surface area (Å²) in [6, 6.07) is 13.1. The van der Waals surface area contributed by atoms with Gasteiger partial charge in [0.05, 0.1) is 24.4 Å². The molecule has 2 rings (SSSR count). The second-order valence-corrected chi connectivity index (χ2v) is 4.31. The van der Waals surface area contributed by atoms with Gasteiger partial charge in [-0.3, -0.25) is 4.90 Å². The SMILES string of the molecule is CN(CCOc1cccc(C#N)c1)Cc1ccco1. The van der Waals surface area contributed by atoms with E-state index in [0.717, 1.165) is 24.6 Å². The molecule has 98 valence electrons. The third-order valence-corrected chi connectivity index (χ3v) is 2.71. The third kappa shape index (κ3) is 4.16. The molecule has 0 N–H and O–H groups in total. The van der Waals surface area contributed by atoms with E-state index < -0.39 is 0 Å². The predicted molar refractivity (Wildman–Crippen MR) is 71.7 cm³/mol. The molecule has 0 saturated carbocycles. The van der Waals surface area contributed by atoms with Gasteiger partial charge in [-0.25, -0.2) is 0 Å². The first-order chi connectivity index (χ1) is 9.28. The van der Waals surface area contributed by atoms with E-state index in [1.807, 2.05) is 31.3 Å². The smallest absolute Gasteiger partial charge is 0.120 e. The van der Waals surface area contributed by atoms with Crippen LogP contribution in [0.2, 0.25) is 0 Å². The highest BCUT2D eigenvalue weighted by Gasteiger charge is 2.03. The second-order valence-electron chi connectivity index (χ2n) is 4.31. The lowest BCUT2D eigenvalue weighted by atomic mass is 10.2. The van der Waals surface area contributed by atoms with E-state index in [4.69, 9.17) is 14.4 Å². The average molecular weight is 256 g/mol. The van der Waals surface area contributed by atoms with Gasteiger partial charge in [0.15, 0.2) is 0 Å². The number of hydrogen-bond donors (Lipinski definition) is 0. The molecule has 2 aromatic rings. The number of rotatable bonds is 6. The highest BCUT2D eigenvalue weighted by Crippen LogP contribution is 2.12. The molecule has 0 bridgehead atoms. The third-order valence-electron chi connectivity index (χ3n) is 2.71. The molecule has 0 spiro atoms. The van der Waals surface area contributed by atoms with Gasteiger partial charge in [0.2, 0.25) is 0 Å². The molecule has 4 nitrogen and oxygen atoms in total. The average Bonchev–Trinajstić information content (AvgIpc) is 2.92. The summed E-state index contributed by atoms with van der Waals surface area (Å²) in [5, 5.41) is 8.80. The first kappa shape index (κ1) is 13.2. The Balaban J connectivity index is 1.75. The maximum absolute atomic E-state index is 8.80. The van der Waals surface area contributed by atoms with E-state index >= 15 is 0 Å². The summed E-state index contributed by atoms with van der Waals surface area (Å²) in [5.74, 6) is 1.67. The Morgan fingerprint density at radius 2 is 2.21 bits per heavy atom. The molecule has 1 aromatic carbocycles. The van der Waals surface area contributed by atoms with E-state index in [1.54, 1.807) is 18.4 Å². The highest BCUT2D eigenvalue weighted by molar-refractivity contribution is 5.36. The van der Waals surface area contributed by atoms with Gasteiger partial charge in [-0.2, -0.15) is 5.26 Å². The van der Waals surface area contributed by atoms with E-state index in [-0.39, 0.29) is 0 Å². The molecule has 0 aliphatic heterocycles. The van der Waals surface area contributed by atoms with Crippen LogP contribution < -0.4 is 4.74 Å². The lowest BCUT2D eigenvalue weighted by Gasteiger charge is -2.15. The topological polar surface area (TPSA) is 49.4 Å². The summed E-state index contributed by atoms with van der Waals surface area (Å²) in [5.41, 5.74) is 0.612. The predicted octanol–water partition coefficient (Wildman–Crippen LogP) is 2.66. The quantitative estimate of drug-likeness (QED) is 0.797. The first-order valence-corrected chi connectivity index (χ1v) is 6.12. The molecular weight excluding hydrogens is 240 g/mol. The first-order valence-electron chi connectivity index (χ1n) is 6.12. The van der Waals surface area contributed by atoms with Gasteiger partial charge >= 0.3 is 0 Å². The number of benzene rings is 1. The minimum Gasteiger partial charge on any atom is -0.492 e. The van der Waals surface area contributed by atoms with Crippen molar-refractivity contribution in [3.63, 3.8) is 0 Å². The van der Waals surface area contributed by atoms with Crippen LogP contribution in [0.4, 0.5) is 0 Å². The van der Waals surface area contributed by atoms with Crippen molar-refractivity contribution in [2.24, 2.45) is 0 Å². The molecule has 4 heteroatoms. The molecule has 0 amide bonds. The number of likely N-dealkylation sites (N-methyl/N-ethyl adjacent to an activating group) is 1. The van der Waals surface area contributed by atoms with E-state index in [9.17, 15) is 0 Å². The summed E-state index contributed by atoms with van der Waals surface area (Å²) in [7, 11) is 2.01. The Kier molecular flexibility index (Phi) is 4.60. The Hall–Kier alpha value is -2.25. The van der Waals surface area contributed by atoms with E-state index in [0.29, 0.717) is 12.2 Å². The maximum atomic E-state index is 8.80. The lowest BCUT2D eigenvalue weighted by Crippen LogP contribution is -2.23. The zero-order chi connectivity index (χ0) is 13.5. The van der Waals surface area contributed by atoms with Crippen LogP contribution in [0.5, 0.6) is 5.75 Å². The van der Waals surface area contributed by atoms with Crippen molar-refractivity contribution in [3.05, 3.63) is 54.0 Å². The van der Waals surface area contributed by atoms with Gasteiger partial charge in [-0.1, -0.05) is 6.07 Å². The van der Waals surface area contributed by atoms with Crippen molar-refractivity contribution in [1.82, 2.24) is 4.90 Å². The molecule has 0 atom stereocenters. The van der Waals surface area contributed by atoms with Crippen molar-refractivity contribution in [2.75, 3.05) is 20.2 Å². The van der Waals surface area contributed by atoms with Crippen molar-refractivity contribution in [3.8, 4) is 11.8 Å². The molecule has 0 radical (unpaired) electrons. The van der Waals surface area contributed by atoms with Crippen LogP contribution in [-0.4, -0.2) is 25.1 Å². The van der Waals surface area contributed by atoms with Crippen LogP contribution in [0, 0.1) is 11.3 Å². The van der Waals surface area contributed by atoms with Crippen molar-refractivity contribution >= 4 is 0 Å². The van der Waals surface area contributed by atoms with E-state index in [2.05, 4.69) is 11.0 Å². The zero-order valence-electron chi connectivity index (χ0n) is 10.9. The largest absolute Gasteiger partial charge is 0.492 e. The normalized spacial score (nSPS) is 10.4. The molecule has 1 heterocycles. The highest BCUT2D eigenvalue weighted by atomic mass is 16.5. The van der Waals surface area contributed by atoms with Crippen LogP contribution in [0.25, 0.3) is 0 Å². The molecule has 1 aromatic heterocycles. The molecule has 0 unspecified atom stereocenters. The minimum absolute atomic E-state index is 0.575. The number of ether oxygens (including phenoxy) is 1. The van der Waals surface area contributed by atoms with Crippen molar-refractivity contribution in [2.45, 2.75) is 6.54 Å². The van der Waals surface area contributed by atoms with Crippen molar-refractivity contribution in [1.29, 1.82) is 5.26 Å². The Morgan fingerprint density at radius 1 is 1.32 bits per heavy atom. The van der Waals surface area contributed by atoms with Gasteiger partial charge in [-0.15, -0.1) is 0 Å². The van der Waals surface area contributed by atoms with E-state index in [1.165, 1.54) is 0 Å². The molecule has 19 heavy (non-hydrogen) atoms. The number of hydrogen-bond acceptors (Lipinski definition) is 4. The van der Waals surface area contributed by atoms with Crippen LogP contribution in [0.15, 0.2) is 47.1 Å². The standard InChI is InChI=1S/C15H16N2O2/c1-17(12-15-6-3-8-18-15)7-9-19-14-5-2-4-13(10-14)11-16/h2-6,8,10H,7,9,12H2,1H3. The maximum Gasteiger partial charge on any atom is 0.120 e. The number of furan rings is 1. The molecule has 0 aliphatic rings. The summed E-state index contributed by atoms with van der Waals surface area (Å²) < 4.78 is 10.9. The van der Waals surface area contributed by atoms with Crippen molar-refractivity contribution < 1.29 is 9.15 Å². The Bertz CT molecular complexity index is 544. The lowest BCUT2D eigenvalue weighted by molar-refractivity contribution is 0.222. The second kappa shape index (κ2) is 6.62. The zero-order valence-corrected chi connectivity index (χ0v) is 10.9. The molecule has 0 saturated heterocycles. The summed E-state index contributed by atoms with van der Waals surface area (Å²) in [4.78, 5) is 2.12. The van der Waals surface area contributed by atoms with Gasteiger partial charge in [-0.05, 0) is 37.4 Å². The van der Waals surface area contributed by atoms with Crippen LogP contribution in [0.3, 0.4) is 0 Å².